The molecule has 0 bridgehead atoms. The Bertz CT molecular complexity index is 2960. The Labute approximate surface area is 322 Å². The molecule has 0 aliphatic carbocycles. The van der Waals surface area contributed by atoms with Crippen LogP contribution >= 0.6 is 0 Å². The smallest absolute Gasteiger partial charge is 0.182 e. The van der Waals surface area contributed by atoms with Crippen molar-refractivity contribution in [2.24, 2.45) is 0 Å². The van der Waals surface area contributed by atoms with Gasteiger partial charge < -0.3 is 9.13 Å². The summed E-state index contributed by atoms with van der Waals surface area (Å²) < 4.78 is 4.75. The summed E-state index contributed by atoms with van der Waals surface area (Å²) >= 11 is 0. The lowest BCUT2D eigenvalue weighted by Crippen LogP contribution is -2.02. The molecule has 0 N–H and O–H groups in total. The maximum absolute atomic E-state index is 5.31. The van der Waals surface area contributed by atoms with Crippen molar-refractivity contribution in [3.63, 3.8) is 0 Å². The van der Waals surface area contributed by atoms with E-state index in [4.69, 9.17) is 19.9 Å². The molecule has 0 amide bonds. The van der Waals surface area contributed by atoms with Gasteiger partial charge in [-0.15, -0.1) is 0 Å². The number of hydrogen-bond donors (Lipinski definition) is 0. The summed E-state index contributed by atoms with van der Waals surface area (Å²) in [6, 6.07) is 67.5. The van der Waals surface area contributed by atoms with Crippen LogP contribution < -0.4 is 0 Å². The van der Waals surface area contributed by atoms with Gasteiger partial charge in [0.1, 0.15) is 5.69 Å². The van der Waals surface area contributed by atoms with E-state index < -0.39 is 0 Å². The molecule has 0 saturated heterocycles. The minimum absolute atomic E-state index is 0.515. The quantitative estimate of drug-likeness (QED) is 0.172. The second-order valence-corrected chi connectivity index (χ2v) is 13.9. The van der Waals surface area contributed by atoms with Crippen LogP contribution in [0.25, 0.3) is 101 Å². The normalized spacial score (nSPS) is 11.6. The van der Waals surface area contributed by atoms with Crippen LogP contribution in [-0.4, -0.2) is 29.1 Å². The van der Waals surface area contributed by atoms with Crippen molar-refractivity contribution in [2.75, 3.05) is 0 Å². The lowest BCUT2D eigenvalue weighted by molar-refractivity contribution is 1.06. The van der Waals surface area contributed by atoms with E-state index in [1.165, 1.54) is 21.5 Å². The molecule has 4 heterocycles. The van der Waals surface area contributed by atoms with Crippen molar-refractivity contribution < 1.29 is 0 Å². The predicted octanol–water partition coefficient (Wildman–Crippen LogP) is 12.1. The zero-order valence-electron chi connectivity index (χ0n) is 30.2. The van der Waals surface area contributed by atoms with Gasteiger partial charge in [-0.3, -0.25) is 0 Å². The van der Waals surface area contributed by atoms with Crippen molar-refractivity contribution in [1.82, 2.24) is 29.1 Å². The summed E-state index contributed by atoms with van der Waals surface area (Å²) in [7, 11) is 0. The average Bonchev–Trinajstić information content (AvgIpc) is 3.80. The molecule has 0 atom stereocenters. The minimum atomic E-state index is 0.515. The van der Waals surface area contributed by atoms with Crippen LogP contribution in [0.3, 0.4) is 0 Å². The number of hydrogen-bond acceptors (Lipinski definition) is 4. The SMILES string of the molecule is c1ccc(-c2nc(-c3ccccc3)nc(-c3cccc(-c4cc(-n5c6ccccc6c6ccccc65)cc(-n5c6ccccc6c6ccccc65)c4)n3)n2)cc1. The van der Waals surface area contributed by atoms with Gasteiger partial charge in [-0.2, -0.15) is 0 Å². The third-order valence-electron chi connectivity index (χ3n) is 10.6. The van der Waals surface area contributed by atoms with Crippen molar-refractivity contribution in [3.05, 3.63) is 194 Å². The molecule has 11 aromatic rings. The fourth-order valence-electron chi connectivity index (χ4n) is 8.05. The second-order valence-electron chi connectivity index (χ2n) is 13.9. The van der Waals surface area contributed by atoms with Crippen LogP contribution in [0.5, 0.6) is 0 Å². The summed E-state index contributed by atoms with van der Waals surface area (Å²) in [5, 5.41) is 4.85. The maximum Gasteiger partial charge on any atom is 0.182 e. The van der Waals surface area contributed by atoms with Gasteiger partial charge in [-0.05, 0) is 54.6 Å². The van der Waals surface area contributed by atoms with E-state index >= 15 is 0 Å². The first-order chi connectivity index (χ1) is 27.8. The molecule has 0 spiro atoms. The molecule has 0 unspecified atom stereocenters. The van der Waals surface area contributed by atoms with Crippen molar-refractivity contribution >= 4 is 43.6 Å². The van der Waals surface area contributed by atoms with Gasteiger partial charge in [0.2, 0.25) is 0 Å². The lowest BCUT2D eigenvalue weighted by atomic mass is 10.1. The molecule has 11 rings (SSSR count). The van der Waals surface area contributed by atoms with Gasteiger partial charge in [0.05, 0.1) is 27.8 Å². The molecule has 6 nitrogen and oxygen atoms in total. The van der Waals surface area contributed by atoms with Crippen molar-refractivity contribution in [1.29, 1.82) is 0 Å². The van der Waals surface area contributed by atoms with E-state index in [1.807, 2.05) is 72.8 Å². The molecule has 0 radical (unpaired) electrons. The van der Waals surface area contributed by atoms with Crippen LogP contribution in [0.2, 0.25) is 0 Å². The van der Waals surface area contributed by atoms with Gasteiger partial charge in [0, 0.05) is 49.6 Å². The van der Waals surface area contributed by atoms with Crippen molar-refractivity contribution in [3.8, 4) is 56.9 Å². The first-order valence-electron chi connectivity index (χ1n) is 18.7. The van der Waals surface area contributed by atoms with E-state index in [9.17, 15) is 0 Å². The maximum atomic E-state index is 5.31. The molecule has 0 fully saturated rings. The van der Waals surface area contributed by atoms with E-state index in [-0.39, 0.29) is 0 Å². The first kappa shape index (κ1) is 31.8. The molecule has 4 aromatic heterocycles. The molecular weight excluding hydrogens is 685 g/mol. The van der Waals surface area contributed by atoms with Gasteiger partial charge >= 0.3 is 0 Å². The highest BCUT2D eigenvalue weighted by Crippen LogP contribution is 2.38. The Balaban J connectivity index is 1.16. The van der Waals surface area contributed by atoms with Crippen LogP contribution in [0.1, 0.15) is 0 Å². The summed E-state index contributed by atoms with van der Waals surface area (Å²) in [5.74, 6) is 1.72. The number of aromatic nitrogens is 6. The third kappa shape index (κ3) is 5.27. The zero-order valence-corrected chi connectivity index (χ0v) is 30.2. The van der Waals surface area contributed by atoms with Crippen LogP contribution in [0.15, 0.2) is 194 Å². The van der Waals surface area contributed by atoms with E-state index in [0.717, 1.165) is 55.8 Å². The standard InChI is InChI=1S/C50H32N6/c1-3-16-33(17-4-1)48-52-49(34-18-5-2-6-19-34)54-50(53-48)43-25-15-24-42(51-43)35-30-36(55-44-26-11-7-20-38(44)39-21-8-12-27-45(39)55)32-37(31-35)56-46-28-13-9-22-40(46)41-23-10-14-29-47(41)56/h1-32H. The Hall–Kier alpha value is -7.70. The topological polar surface area (TPSA) is 61.4 Å². The van der Waals surface area contributed by atoms with Gasteiger partial charge in [0.25, 0.3) is 0 Å². The Kier molecular flexibility index (Phi) is 7.38. The summed E-state index contributed by atoms with van der Waals surface area (Å²) in [6.45, 7) is 0. The summed E-state index contributed by atoms with van der Waals surface area (Å²) in [6.07, 6.45) is 0. The summed E-state index contributed by atoms with van der Waals surface area (Å²) in [4.78, 5) is 20.2. The largest absolute Gasteiger partial charge is 0.309 e. The van der Waals surface area contributed by atoms with Crippen LogP contribution in [0.4, 0.5) is 0 Å². The molecule has 6 heteroatoms. The van der Waals surface area contributed by atoms with Crippen molar-refractivity contribution in [2.45, 2.75) is 0 Å². The zero-order chi connectivity index (χ0) is 37.0. The molecular formula is C50H32N6. The highest BCUT2D eigenvalue weighted by molar-refractivity contribution is 6.10. The Morgan fingerprint density at radius 1 is 0.268 bits per heavy atom. The van der Waals surface area contributed by atoms with E-state index in [1.54, 1.807) is 0 Å². The molecule has 0 aliphatic heterocycles. The average molecular weight is 717 g/mol. The highest BCUT2D eigenvalue weighted by atomic mass is 15.1. The fraction of sp³-hybridized carbons (Fsp3) is 0. The van der Waals surface area contributed by atoms with Gasteiger partial charge in [-0.1, -0.05) is 140 Å². The fourth-order valence-corrected chi connectivity index (χ4v) is 8.05. The van der Waals surface area contributed by atoms with Crippen LogP contribution in [0, 0.1) is 0 Å². The third-order valence-corrected chi connectivity index (χ3v) is 10.6. The second kappa shape index (κ2) is 13.0. The Morgan fingerprint density at radius 2 is 0.643 bits per heavy atom. The predicted molar refractivity (Wildman–Crippen MR) is 228 cm³/mol. The minimum Gasteiger partial charge on any atom is -0.309 e. The van der Waals surface area contributed by atoms with Gasteiger partial charge in [-0.25, -0.2) is 19.9 Å². The van der Waals surface area contributed by atoms with Crippen LogP contribution in [-0.2, 0) is 0 Å². The van der Waals surface area contributed by atoms with E-state index in [0.29, 0.717) is 23.2 Å². The number of para-hydroxylation sites is 4. The monoisotopic (exact) mass is 716 g/mol. The lowest BCUT2D eigenvalue weighted by Gasteiger charge is -2.16. The Morgan fingerprint density at radius 3 is 1.09 bits per heavy atom. The first-order valence-corrected chi connectivity index (χ1v) is 18.7. The van der Waals surface area contributed by atoms with E-state index in [2.05, 4.69) is 130 Å². The number of benzene rings is 7. The highest BCUT2D eigenvalue weighted by Gasteiger charge is 2.19. The molecule has 0 aliphatic rings. The number of nitrogens with zero attached hydrogens (tertiary/aromatic N) is 6. The number of fused-ring (bicyclic) bond motifs is 6. The molecule has 262 valence electrons. The summed E-state index contributed by atoms with van der Waals surface area (Å²) in [5.41, 5.74) is 11.0. The van der Waals surface area contributed by atoms with Gasteiger partial charge in [0.15, 0.2) is 17.5 Å². The molecule has 0 saturated carbocycles. The molecule has 56 heavy (non-hydrogen) atoms. The number of pyridine rings is 1. The molecule has 7 aromatic carbocycles. The number of rotatable bonds is 6.